The van der Waals surface area contributed by atoms with Crippen LogP contribution in [0.1, 0.15) is 11.1 Å². The van der Waals surface area contributed by atoms with Gasteiger partial charge in [0.05, 0.1) is 11.1 Å². The van der Waals surface area contributed by atoms with Crippen molar-refractivity contribution >= 4 is 50.7 Å². The van der Waals surface area contributed by atoms with Crippen LogP contribution in [0.3, 0.4) is 0 Å². The molecule has 3 N–H and O–H groups in total. The van der Waals surface area contributed by atoms with E-state index in [4.69, 9.17) is 22.4 Å². The van der Waals surface area contributed by atoms with Crippen molar-refractivity contribution in [3.8, 4) is 0 Å². The lowest BCUT2D eigenvalue weighted by molar-refractivity contribution is -0.136. The minimum atomic E-state index is -0.893. The molecule has 2 heterocycles. The summed E-state index contributed by atoms with van der Waals surface area (Å²) in [5, 5.41) is 10.9. The molecule has 1 aromatic heterocycles. The second-order valence-corrected chi connectivity index (χ2v) is 8.51. The highest BCUT2D eigenvalue weighted by Crippen LogP contribution is 2.30. The van der Waals surface area contributed by atoms with E-state index in [0.29, 0.717) is 16.3 Å². The van der Waals surface area contributed by atoms with Crippen molar-refractivity contribution in [2.75, 3.05) is 43.4 Å². The van der Waals surface area contributed by atoms with Crippen LogP contribution in [0.4, 0.5) is 11.5 Å². The third-order valence-electron chi connectivity index (χ3n) is 5.38. The fourth-order valence-corrected chi connectivity index (χ4v) is 4.82. The largest absolute Gasteiger partial charge is 0.481 e. The Bertz CT molecular complexity index is 1030. The Hall–Kier alpha value is -2.35. The van der Waals surface area contributed by atoms with Crippen LogP contribution in [-0.2, 0) is 17.6 Å². The number of nitrogens with two attached hydrogens (primary N) is 1. The van der Waals surface area contributed by atoms with E-state index in [1.54, 1.807) is 17.6 Å². The number of hydrogen-bond donors (Lipinski definition) is 2. The second kappa shape index (κ2) is 8.57. The minimum Gasteiger partial charge on any atom is -0.481 e. The molecule has 8 heteroatoms. The van der Waals surface area contributed by atoms with E-state index >= 15 is 0 Å². The summed E-state index contributed by atoms with van der Waals surface area (Å²) in [6, 6.07) is 11.9. The number of aliphatic carboxylic acids is 1. The zero-order valence-electron chi connectivity index (χ0n) is 16.0. The molecule has 0 bridgehead atoms. The van der Waals surface area contributed by atoms with Gasteiger partial charge in [-0.1, -0.05) is 29.8 Å². The van der Waals surface area contributed by atoms with Crippen LogP contribution < -0.4 is 10.6 Å². The van der Waals surface area contributed by atoms with Crippen molar-refractivity contribution in [1.29, 1.82) is 0 Å². The van der Waals surface area contributed by atoms with Gasteiger partial charge >= 0.3 is 5.97 Å². The first-order chi connectivity index (χ1) is 14.0. The number of anilines is 2. The van der Waals surface area contributed by atoms with Crippen molar-refractivity contribution in [3.63, 3.8) is 0 Å². The average Bonchev–Trinajstić information content (AvgIpc) is 3.13. The number of nitrogens with zero attached hydrogens (tertiary/aromatic N) is 3. The third kappa shape index (κ3) is 4.47. The highest BCUT2D eigenvalue weighted by molar-refractivity contribution is 7.13. The van der Waals surface area contributed by atoms with Gasteiger partial charge in [-0.15, -0.1) is 0 Å². The highest BCUT2D eigenvalue weighted by atomic mass is 35.5. The molecule has 4 rings (SSSR count). The number of carboxylic acids is 1. The van der Waals surface area contributed by atoms with E-state index in [2.05, 4.69) is 32.4 Å². The number of hydrogen-bond acceptors (Lipinski definition) is 6. The van der Waals surface area contributed by atoms with Crippen molar-refractivity contribution in [2.24, 2.45) is 0 Å². The van der Waals surface area contributed by atoms with Gasteiger partial charge in [-0.2, -0.15) is 4.37 Å². The van der Waals surface area contributed by atoms with Crippen molar-refractivity contribution < 1.29 is 9.90 Å². The number of aromatic nitrogens is 1. The van der Waals surface area contributed by atoms with Crippen molar-refractivity contribution in [3.05, 3.63) is 52.5 Å². The van der Waals surface area contributed by atoms with Crippen LogP contribution in [0.5, 0.6) is 0 Å². The van der Waals surface area contributed by atoms with Crippen molar-refractivity contribution in [1.82, 2.24) is 9.27 Å². The number of benzene rings is 2. The summed E-state index contributed by atoms with van der Waals surface area (Å²) in [6.07, 6.45) is 0.682. The first kappa shape index (κ1) is 19.9. The predicted molar refractivity (Wildman–Crippen MR) is 119 cm³/mol. The van der Waals surface area contributed by atoms with Gasteiger partial charge in [-0.25, -0.2) is 0 Å². The van der Waals surface area contributed by atoms with Crippen LogP contribution in [0.15, 0.2) is 36.4 Å². The summed E-state index contributed by atoms with van der Waals surface area (Å²) in [4.78, 5) is 15.8. The predicted octanol–water partition coefficient (Wildman–Crippen LogP) is 3.52. The molecule has 0 unspecified atom stereocenters. The fourth-order valence-electron chi connectivity index (χ4n) is 3.75. The number of rotatable bonds is 6. The van der Waals surface area contributed by atoms with Gasteiger partial charge in [-0.3, -0.25) is 9.69 Å². The summed E-state index contributed by atoms with van der Waals surface area (Å²) in [6.45, 7) is 4.67. The molecule has 0 amide bonds. The summed E-state index contributed by atoms with van der Waals surface area (Å²) in [5.74, 6) is 0.195. The summed E-state index contributed by atoms with van der Waals surface area (Å²) in [5.41, 5.74) is 7.92. The van der Waals surface area contributed by atoms with Gasteiger partial charge in [0, 0.05) is 48.8 Å². The molecule has 1 saturated heterocycles. The van der Waals surface area contributed by atoms with E-state index < -0.39 is 5.97 Å². The van der Waals surface area contributed by atoms with Crippen LogP contribution >= 0.6 is 23.1 Å². The first-order valence-corrected chi connectivity index (χ1v) is 10.8. The molecule has 3 aromatic rings. The fraction of sp³-hybridized carbons (Fsp3) is 0.333. The lowest BCUT2D eigenvalue weighted by Crippen LogP contribution is -2.47. The molecule has 2 aromatic carbocycles. The third-order valence-corrected chi connectivity index (χ3v) is 6.55. The zero-order chi connectivity index (χ0) is 20.4. The standard InChI is InChI=1S/C21H23ClN4O2S/c22-17-13-18(23)15(12-20(27)28)11-14(17)5-6-25-7-9-26(10-8-25)21-16-3-1-2-4-19(16)29-24-21/h1-4,11,13H,5-10,12,23H2,(H,27,28). The topological polar surface area (TPSA) is 82.7 Å². The Labute approximate surface area is 178 Å². The Morgan fingerprint density at radius 3 is 2.69 bits per heavy atom. The molecule has 1 aliphatic rings. The average molecular weight is 431 g/mol. The van der Waals surface area contributed by atoms with Crippen LogP contribution in [-0.4, -0.2) is 53.1 Å². The number of halogens is 1. The van der Waals surface area contributed by atoms with Gasteiger partial charge in [0.1, 0.15) is 5.82 Å². The molecule has 0 spiro atoms. The number of carboxylic acid groups (broad SMARTS) is 1. The molecular weight excluding hydrogens is 408 g/mol. The van der Waals surface area contributed by atoms with Crippen molar-refractivity contribution in [2.45, 2.75) is 12.8 Å². The molecular formula is C21H23ClN4O2S. The molecule has 0 radical (unpaired) electrons. The summed E-state index contributed by atoms with van der Waals surface area (Å²) < 4.78 is 5.88. The Kier molecular flexibility index (Phi) is 5.89. The number of fused-ring (bicyclic) bond motifs is 1. The molecule has 0 atom stereocenters. The Morgan fingerprint density at radius 1 is 1.17 bits per heavy atom. The van der Waals surface area contributed by atoms with E-state index in [0.717, 1.165) is 50.5 Å². The Balaban J connectivity index is 1.36. The lowest BCUT2D eigenvalue weighted by Gasteiger charge is -2.35. The van der Waals surface area contributed by atoms with Crippen LogP contribution in [0, 0.1) is 0 Å². The van der Waals surface area contributed by atoms with E-state index in [1.165, 1.54) is 10.1 Å². The first-order valence-electron chi connectivity index (χ1n) is 9.61. The maximum Gasteiger partial charge on any atom is 0.307 e. The zero-order valence-corrected chi connectivity index (χ0v) is 17.5. The monoisotopic (exact) mass is 430 g/mol. The minimum absolute atomic E-state index is 0.0870. The second-order valence-electron chi connectivity index (χ2n) is 7.29. The normalized spacial score (nSPS) is 15.1. The van der Waals surface area contributed by atoms with Gasteiger partial charge in [0.15, 0.2) is 0 Å². The maximum atomic E-state index is 11.0. The Morgan fingerprint density at radius 2 is 1.93 bits per heavy atom. The SMILES string of the molecule is Nc1cc(Cl)c(CCN2CCN(c3nsc4ccccc34)CC2)cc1CC(=O)O. The highest BCUT2D eigenvalue weighted by Gasteiger charge is 2.21. The summed E-state index contributed by atoms with van der Waals surface area (Å²) in [7, 11) is 0. The van der Waals surface area contributed by atoms with Gasteiger partial charge in [0.25, 0.3) is 0 Å². The molecule has 152 valence electrons. The van der Waals surface area contributed by atoms with Gasteiger partial charge in [-0.05, 0) is 47.3 Å². The molecule has 0 aliphatic carbocycles. The molecule has 29 heavy (non-hydrogen) atoms. The maximum absolute atomic E-state index is 11.0. The van der Waals surface area contributed by atoms with E-state index in [-0.39, 0.29) is 6.42 Å². The number of nitrogen functional groups attached to an aromatic ring is 1. The van der Waals surface area contributed by atoms with Crippen LogP contribution in [0.2, 0.25) is 5.02 Å². The lowest BCUT2D eigenvalue weighted by atomic mass is 10.0. The smallest absolute Gasteiger partial charge is 0.307 e. The number of piperazine rings is 1. The molecule has 1 fully saturated rings. The number of carbonyl (C=O) groups is 1. The molecule has 1 aliphatic heterocycles. The van der Waals surface area contributed by atoms with Crippen LogP contribution in [0.25, 0.3) is 10.1 Å². The summed E-state index contributed by atoms with van der Waals surface area (Å²) >= 11 is 7.89. The molecule has 6 nitrogen and oxygen atoms in total. The van der Waals surface area contributed by atoms with Gasteiger partial charge in [0.2, 0.25) is 0 Å². The van der Waals surface area contributed by atoms with E-state index in [9.17, 15) is 4.79 Å². The molecule has 0 saturated carbocycles. The quantitative estimate of drug-likeness (QED) is 0.582. The van der Waals surface area contributed by atoms with E-state index in [1.807, 2.05) is 12.1 Å². The van der Waals surface area contributed by atoms with Gasteiger partial charge < -0.3 is 15.7 Å².